The van der Waals surface area contributed by atoms with Crippen LogP contribution in [0, 0.1) is 0 Å². The van der Waals surface area contributed by atoms with Gasteiger partial charge in [-0.25, -0.2) is 9.59 Å². The number of piperazine rings is 2. The molecule has 4 rings (SSSR count). The Hall–Kier alpha value is -3.21. The molecule has 5 N–H and O–H groups in total. The fraction of sp³-hybridized carbons (Fsp3) is 0.667. The standard InChI is InChI=1S/C12H19ClN6O2.C9H18N2O2.C3H2Cl2N4/c1-12(2,3)21-11(20)19-6-4-18(5-7-19)10-15-9(14)8(13)16-17-10;1-9(2,3)13-8(12)11-6-4-10-5-7-11;4-1-2(6)7-3(5)9-8-1/h4-7H2,1-3H3,(H2,14,15,17);10H,4-7H2,1-3H3;(H2,6,7,9). The number of aromatic nitrogens is 6. The molecule has 2 aromatic rings. The minimum absolute atomic E-state index is 0.00287. The molecule has 0 saturated carbocycles. The van der Waals surface area contributed by atoms with E-state index in [1.165, 1.54) is 0 Å². The smallest absolute Gasteiger partial charge is 0.410 e. The lowest BCUT2D eigenvalue weighted by atomic mass is 10.2. The average Bonchev–Trinajstić information content (AvgIpc) is 2.92. The first-order chi connectivity index (χ1) is 19.9. The summed E-state index contributed by atoms with van der Waals surface area (Å²) in [5.74, 6) is 0.661. The zero-order valence-electron chi connectivity index (χ0n) is 25.1. The number of nitrogens with two attached hydrogens (primary N) is 2. The molecule has 2 amide bonds. The number of anilines is 3. The van der Waals surface area contributed by atoms with E-state index in [9.17, 15) is 9.59 Å². The molecule has 43 heavy (non-hydrogen) atoms. The number of hydrogen-bond donors (Lipinski definition) is 3. The van der Waals surface area contributed by atoms with Crippen LogP contribution in [0.25, 0.3) is 0 Å². The number of carbonyl (C=O) groups is 2. The summed E-state index contributed by atoms with van der Waals surface area (Å²) in [5.41, 5.74) is 9.93. The van der Waals surface area contributed by atoms with E-state index in [4.69, 9.17) is 55.7 Å². The molecule has 240 valence electrons. The number of amides is 2. The number of nitrogens with zero attached hydrogens (tertiary/aromatic N) is 9. The minimum atomic E-state index is -0.494. The lowest BCUT2D eigenvalue weighted by Gasteiger charge is -2.35. The van der Waals surface area contributed by atoms with Gasteiger partial charge in [-0.2, -0.15) is 9.97 Å². The van der Waals surface area contributed by atoms with Gasteiger partial charge in [0.15, 0.2) is 21.9 Å². The van der Waals surface area contributed by atoms with Crippen LogP contribution in [-0.4, -0.2) is 116 Å². The maximum Gasteiger partial charge on any atom is 0.410 e. The van der Waals surface area contributed by atoms with Crippen molar-refractivity contribution in [3.8, 4) is 0 Å². The van der Waals surface area contributed by atoms with Crippen molar-refractivity contribution in [2.45, 2.75) is 52.7 Å². The van der Waals surface area contributed by atoms with Gasteiger partial charge in [-0.05, 0) is 53.1 Å². The van der Waals surface area contributed by atoms with Gasteiger partial charge in [0, 0.05) is 52.4 Å². The highest BCUT2D eigenvalue weighted by molar-refractivity contribution is 6.32. The summed E-state index contributed by atoms with van der Waals surface area (Å²) in [5, 5.41) is 17.7. The SMILES string of the molecule is CC(C)(C)OC(=O)N1CCN(c2nnc(Cl)c(N)n2)CC1.CC(C)(C)OC(=O)N1CCNCC1.Nc1nc(Cl)nnc1Cl. The number of nitrogens with one attached hydrogen (secondary N) is 1. The van der Waals surface area contributed by atoms with Crippen molar-refractivity contribution in [3.05, 3.63) is 15.6 Å². The Labute approximate surface area is 265 Å². The molecule has 0 radical (unpaired) electrons. The molecule has 0 unspecified atom stereocenters. The van der Waals surface area contributed by atoms with Gasteiger partial charge in [0.2, 0.25) is 11.2 Å². The van der Waals surface area contributed by atoms with Crippen molar-refractivity contribution in [2.24, 2.45) is 0 Å². The summed E-state index contributed by atoms with van der Waals surface area (Å²) >= 11 is 16.4. The lowest BCUT2D eigenvalue weighted by Crippen LogP contribution is -2.50. The van der Waals surface area contributed by atoms with Crippen LogP contribution in [0.5, 0.6) is 0 Å². The normalized spacial score (nSPS) is 15.4. The Balaban J connectivity index is 0.000000249. The molecule has 0 spiro atoms. The van der Waals surface area contributed by atoms with Gasteiger partial charge in [-0.3, -0.25) is 0 Å². The molecule has 2 aliphatic rings. The number of nitrogen functional groups attached to an aromatic ring is 2. The van der Waals surface area contributed by atoms with Gasteiger partial charge < -0.3 is 41.0 Å². The quantitative estimate of drug-likeness (QED) is 0.401. The maximum atomic E-state index is 12.0. The third kappa shape index (κ3) is 13.3. The molecule has 16 nitrogen and oxygen atoms in total. The first-order valence-electron chi connectivity index (χ1n) is 13.3. The molecule has 4 heterocycles. The summed E-state index contributed by atoms with van der Waals surface area (Å²) < 4.78 is 10.6. The molecule has 0 aliphatic carbocycles. The zero-order chi connectivity index (χ0) is 32.4. The zero-order valence-corrected chi connectivity index (χ0v) is 27.4. The largest absolute Gasteiger partial charge is 0.444 e. The highest BCUT2D eigenvalue weighted by Crippen LogP contribution is 2.18. The molecular formula is C24H39Cl3N12O4. The second-order valence-electron chi connectivity index (χ2n) is 11.2. The summed E-state index contributed by atoms with van der Waals surface area (Å²) in [7, 11) is 0. The van der Waals surface area contributed by atoms with E-state index >= 15 is 0 Å². The number of carbonyl (C=O) groups excluding carboxylic acids is 2. The van der Waals surface area contributed by atoms with Gasteiger partial charge in [0.05, 0.1) is 0 Å². The van der Waals surface area contributed by atoms with E-state index < -0.39 is 5.60 Å². The van der Waals surface area contributed by atoms with Crippen molar-refractivity contribution in [1.82, 2.24) is 45.5 Å². The third-order valence-corrected chi connectivity index (χ3v) is 5.98. The van der Waals surface area contributed by atoms with Crippen LogP contribution in [-0.2, 0) is 9.47 Å². The third-order valence-electron chi connectivity index (χ3n) is 5.29. The fourth-order valence-corrected chi connectivity index (χ4v) is 3.63. The van der Waals surface area contributed by atoms with Crippen molar-refractivity contribution >= 4 is 64.6 Å². The van der Waals surface area contributed by atoms with E-state index in [1.807, 2.05) is 46.4 Å². The summed E-state index contributed by atoms with van der Waals surface area (Å²) in [6.07, 6.45) is -0.509. The highest BCUT2D eigenvalue weighted by atomic mass is 35.5. The van der Waals surface area contributed by atoms with Crippen LogP contribution in [0.3, 0.4) is 0 Å². The van der Waals surface area contributed by atoms with Gasteiger partial charge in [-0.15, -0.1) is 20.4 Å². The van der Waals surface area contributed by atoms with E-state index in [1.54, 1.807) is 9.80 Å². The second kappa shape index (κ2) is 16.0. The lowest BCUT2D eigenvalue weighted by molar-refractivity contribution is 0.0223. The molecule has 0 bridgehead atoms. The Morgan fingerprint density at radius 2 is 1.14 bits per heavy atom. The van der Waals surface area contributed by atoms with E-state index in [2.05, 4.69) is 35.7 Å². The Bertz CT molecular complexity index is 1220. The summed E-state index contributed by atoms with van der Waals surface area (Å²) in [6.45, 7) is 16.6. The highest BCUT2D eigenvalue weighted by Gasteiger charge is 2.27. The van der Waals surface area contributed by atoms with Crippen molar-refractivity contribution in [1.29, 1.82) is 0 Å². The Morgan fingerprint density at radius 1 is 0.698 bits per heavy atom. The fourth-order valence-electron chi connectivity index (χ4n) is 3.34. The van der Waals surface area contributed by atoms with Crippen molar-refractivity contribution < 1.29 is 19.1 Å². The van der Waals surface area contributed by atoms with Crippen LogP contribution < -0.4 is 21.7 Å². The van der Waals surface area contributed by atoms with Crippen molar-refractivity contribution in [3.63, 3.8) is 0 Å². The second-order valence-corrected chi connectivity index (χ2v) is 12.3. The van der Waals surface area contributed by atoms with Gasteiger partial charge in [0.1, 0.15) is 11.2 Å². The van der Waals surface area contributed by atoms with Gasteiger partial charge in [0.25, 0.3) is 0 Å². The summed E-state index contributed by atoms with van der Waals surface area (Å²) in [4.78, 5) is 36.4. The Kier molecular flexibility index (Phi) is 13.4. The number of ether oxygens (including phenoxy) is 2. The molecular weight excluding hydrogens is 627 g/mol. The maximum absolute atomic E-state index is 12.0. The van der Waals surface area contributed by atoms with Crippen LogP contribution in [0.15, 0.2) is 0 Å². The number of rotatable bonds is 1. The van der Waals surface area contributed by atoms with E-state index in [0.29, 0.717) is 32.1 Å². The predicted octanol–water partition coefficient (Wildman–Crippen LogP) is 2.75. The predicted molar refractivity (Wildman–Crippen MR) is 164 cm³/mol. The average molecular weight is 666 g/mol. The van der Waals surface area contributed by atoms with Gasteiger partial charge >= 0.3 is 12.2 Å². The topological polar surface area (TPSA) is 204 Å². The van der Waals surface area contributed by atoms with E-state index in [-0.39, 0.29) is 45.0 Å². The summed E-state index contributed by atoms with van der Waals surface area (Å²) in [6, 6.07) is 0. The first kappa shape index (κ1) is 36.0. The van der Waals surface area contributed by atoms with E-state index in [0.717, 1.165) is 26.2 Å². The van der Waals surface area contributed by atoms with Crippen LogP contribution >= 0.6 is 34.8 Å². The number of halogens is 3. The van der Waals surface area contributed by atoms with Crippen molar-refractivity contribution in [2.75, 3.05) is 68.7 Å². The monoisotopic (exact) mass is 664 g/mol. The molecule has 2 aliphatic heterocycles. The Morgan fingerprint density at radius 3 is 1.56 bits per heavy atom. The molecule has 0 atom stereocenters. The number of hydrogen-bond acceptors (Lipinski definition) is 14. The van der Waals surface area contributed by atoms with Crippen LogP contribution in [0.1, 0.15) is 41.5 Å². The molecule has 2 fully saturated rings. The van der Waals surface area contributed by atoms with Crippen LogP contribution in [0.4, 0.5) is 27.2 Å². The molecule has 2 aromatic heterocycles. The molecule has 19 heteroatoms. The molecule has 0 aromatic carbocycles. The first-order valence-corrected chi connectivity index (χ1v) is 14.5. The van der Waals surface area contributed by atoms with Crippen LogP contribution in [0.2, 0.25) is 15.6 Å². The van der Waals surface area contributed by atoms with Gasteiger partial charge in [-0.1, -0.05) is 23.2 Å². The molecule has 2 saturated heterocycles. The minimum Gasteiger partial charge on any atom is -0.444 e.